The Morgan fingerprint density at radius 3 is 2.13 bits per heavy atom. The number of hydrogen-bond acceptors (Lipinski definition) is 6. The molecule has 1 heterocycles. The molecule has 6 nitrogen and oxygen atoms in total. The Hall–Kier alpha value is 0.903. The Balaban J connectivity index is 0.00000132. The second-order valence-corrected chi connectivity index (χ2v) is 5.50. The minimum atomic E-state index is -1.55. The Bertz CT molecular complexity index is 602. The first-order valence-electron chi connectivity index (χ1n) is 6.79. The average molecular weight is 365 g/mol. The predicted octanol–water partition coefficient (Wildman–Crippen LogP) is -6.59. The molecule has 2 aliphatic carbocycles. The minimum Gasteiger partial charge on any atom is -0.543 e. The van der Waals surface area contributed by atoms with Crippen molar-refractivity contribution < 1.29 is 127 Å². The number of allylic oxidation sites excluding steroid dienone is 2. The summed E-state index contributed by atoms with van der Waals surface area (Å²) in [7, 11) is 0. The van der Waals surface area contributed by atoms with Crippen LogP contribution in [0.25, 0.3) is 0 Å². The summed E-state index contributed by atoms with van der Waals surface area (Å²) in [6.07, 6.45) is 6.59. The maximum atomic E-state index is 10.8. The molecule has 2 bridgehead atoms. The van der Waals surface area contributed by atoms with Gasteiger partial charge < -0.3 is 24.5 Å². The van der Waals surface area contributed by atoms with Crippen LogP contribution in [0.15, 0.2) is 24.3 Å². The zero-order valence-corrected chi connectivity index (χ0v) is 19.4. The summed E-state index contributed by atoms with van der Waals surface area (Å²) in [5, 5.41) is 21.7. The van der Waals surface area contributed by atoms with E-state index in [0.717, 1.165) is 12.8 Å². The van der Waals surface area contributed by atoms with Gasteiger partial charge in [-0.3, -0.25) is 0 Å². The number of carboxylic acids is 2. The number of rotatable bonds is 5. The first kappa shape index (κ1) is 21.9. The maximum absolute atomic E-state index is 10.8. The third kappa shape index (κ3) is 5.44. The van der Waals surface area contributed by atoms with Crippen LogP contribution in [-0.2, 0) is 0 Å². The molecule has 1 unspecified atom stereocenters. The van der Waals surface area contributed by atoms with E-state index in [1.54, 1.807) is 0 Å². The van der Waals surface area contributed by atoms with Crippen LogP contribution in [0.2, 0.25) is 0 Å². The number of fused-ring (bicyclic) bond motifs is 2. The van der Waals surface area contributed by atoms with Gasteiger partial charge in [0.1, 0.15) is 5.75 Å². The van der Waals surface area contributed by atoms with Gasteiger partial charge in [-0.15, -0.1) is 0 Å². The molecule has 0 amide bonds. The van der Waals surface area contributed by atoms with Crippen molar-refractivity contribution in [1.82, 2.24) is 4.98 Å². The Morgan fingerprint density at radius 2 is 1.70 bits per heavy atom. The van der Waals surface area contributed by atoms with Crippen molar-refractivity contribution >= 4 is 11.9 Å². The van der Waals surface area contributed by atoms with Crippen LogP contribution >= 0.6 is 0 Å². The van der Waals surface area contributed by atoms with Gasteiger partial charge in [0.15, 0.2) is 0 Å². The Kier molecular flexibility index (Phi) is 9.12. The molecule has 23 heavy (non-hydrogen) atoms. The summed E-state index contributed by atoms with van der Waals surface area (Å²) >= 11 is 0. The number of carbonyl (C=O) groups is 2. The van der Waals surface area contributed by atoms with Crippen molar-refractivity contribution in [3.05, 3.63) is 35.7 Å². The largest absolute Gasteiger partial charge is 1.00 e. The fourth-order valence-electron chi connectivity index (χ4n) is 3.09. The van der Waals surface area contributed by atoms with Crippen molar-refractivity contribution in [3.8, 4) is 5.75 Å². The van der Waals surface area contributed by atoms with E-state index in [1.807, 2.05) is 0 Å². The van der Waals surface area contributed by atoms with Crippen molar-refractivity contribution in [2.75, 3.05) is 6.61 Å². The third-order valence-corrected chi connectivity index (χ3v) is 4.10. The van der Waals surface area contributed by atoms with Crippen LogP contribution in [-0.4, -0.2) is 23.5 Å². The van der Waals surface area contributed by atoms with Crippen molar-refractivity contribution in [2.24, 2.45) is 17.8 Å². The van der Waals surface area contributed by atoms with Crippen LogP contribution in [0.4, 0.5) is 0 Å². The Morgan fingerprint density at radius 1 is 1.09 bits per heavy atom. The number of carbonyl (C=O) groups excluding carboxylic acids is 2. The standard InChI is InChI=1S/C15H15NO5.2K/c17-14(18)12-5-11(6-13(16-12)15(19)20)21-7-10-4-8-1-2-9(10)3-8;;/h1-2,5-6,8-10H,3-4,7H2,(H,17,18)(H,19,20);;/q;2*+1/p-2/t8-,9+,10?;;/m0../s1. The Labute approximate surface area is 218 Å². The van der Waals surface area contributed by atoms with Gasteiger partial charge in [0, 0.05) is 12.1 Å². The molecule has 1 aromatic heterocycles. The summed E-state index contributed by atoms with van der Waals surface area (Å²) in [6.45, 7) is 0.425. The first-order chi connectivity index (χ1) is 10.0. The van der Waals surface area contributed by atoms with Crippen molar-refractivity contribution in [2.45, 2.75) is 12.8 Å². The van der Waals surface area contributed by atoms with Gasteiger partial charge in [-0.05, 0) is 30.6 Å². The maximum Gasteiger partial charge on any atom is 1.00 e. The monoisotopic (exact) mass is 365 g/mol. The average Bonchev–Trinajstić information content (AvgIpc) is 3.07. The fraction of sp³-hybridized carbons (Fsp3) is 0.400. The van der Waals surface area contributed by atoms with Gasteiger partial charge in [0.2, 0.25) is 0 Å². The predicted molar refractivity (Wildman–Crippen MR) is 67.2 cm³/mol. The fourth-order valence-corrected chi connectivity index (χ4v) is 3.09. The third-order valence-electron chi connectivity index (χ3n) is 4.10. The number of hydrogen-bond donors (Lipinski definition) is 0. The van der Waals surface area contributed by atoms with Crippen LogP contribution in [0, 0.1) is 17.8 Å². The molecule has 0 N–H and O–H groups in total. The van der Waals surface area contributed by atoms with Gasteiger partial charge in [-0.1, -0.05) is 12.2 Å². The zero-order valence-electron chi connectivity index (χ0n) is 13.2. The van der Waals surface area contributed by atoms with Crippen LogP contribution < -0.4 is 118 Å². The van der Waals surface area contributed by atoms with E-state index in [0.29, 0.717) is 24.4 Å². The number of carboxylic acid groups (broad SMARTS) is 2. The minimum absolute atomic E-state index is 0. The van der Waals surface area contributed by atoms with Crippen LogP contribution in [0.3, 0.4) is 0 Å². The van der Waals surface area contributed by atoms with E-state index in [1.165, 1.54) is 12.1 Å². The molecule has 0 spiro atoms. The van der Waals surface area contributed by atoms with Gasteiger partial charge in [-0.25, -0.2) is 4.98 Å². The van der Waals surface area contributed by atoms with E-state index in [2.05, 4.69) is 17.1 Å². The molecule has 3 rings (SSSR count). The van der Waals surface area contributed by atoms with Crippen molar-refractivity contribution in [3.63, 3.8) is 0 Å². The molecule has 3 atom stereocenters. The van der Waals surface area contributed by atoms with E-state index in [4.69, 9.17) is 4.74 Å². The van der Waals surface area contributed by atoms with E-state index < -0.39 is 23.3 Å². The SMILES string of the molecule is O=C([O-])c1cc(OCC2C[C@H]3C=C[C@@H]2C3)cc(C(=O)[O-])n1.[K+].[K+]. The van der Waals surface area contributed by atoms with Gasteiger partial charge in [0.05, 0.1) is 29.9 Å². The summed E-state index contributed by atoms with van der Waals surface area (Å²) in [5.41, 5.74) is -0.945. The second-order valence-electron chi connectivity index (χ2n) is 5.50. The molecule has 1 saturated carbocycles. The van der Waals surface area contributed by atoms with Crippen molar-refractivity contribution in [1.29, 1.82) is 0 Å². The van der Waals surface area contributed by atoms with Gasteiger partial charge >= 0.3 is 103 Å². The molecule has 0 aromatic carbocycles. The van der Waals surface area contributed by atoms with Crippen LogP contribution in [0.5, 0.6) is 5.75 Å². The summed E-state index contributed by atoms with van der Waals surface area (Å²) in [6, 6.07) is 2.34. The van der Waals surface area contributed by atoms with E-state index in [-0.39, 0.29) is 109 Å². The summed E-state index contributed by atoms with van der Waals surface area (Å²) < 4.78 is 5.57. The van der Waals surface area contributed by atoms with E-state index in [9.17, 15) is 19.8 Å². The molecular formula is C15H13K2NO5. The molecule has 0 saturated heterocycles. The van der Waals surface area contributed by atoms with E-state index >= 15 is 0 Å². The molecule has 1 fully saturated rings. The number of aromatic carboxylic acids is 2. The first-order valence-corrected chi connectivity index (χ1v) is 6.79. The molecule has 0 radical (unpaired) electrons. The summed E-state index contributed by atoms with van der Waals surface area (Å²) in [5.74, 6) is -1.45. The quantitative estimate of drug-likeness (QED) is 0.380. The number of ether oxygens (including phenoxy) is 1. The van der Waals surface area contributed by atoms with Gasteiger partial charge in [0.25, 0.3) is 0 Å². The van der Waals surface area contributed by atoms with Gasteiger partial charge in [-0.2, -0.15) is 0 Å². The second kappa shape index (κ2) is 9.56. The molecular weight excluding hydrogens is 352 g/mol. The smallest absolute Gasteiger partial charge is 0.543 e. The molecule has 1 aromatic rings. The number of nitrogens with zero attached hydrogens (tertiary/aromatic N) is 1. The molecule has 8 heteroatoms. The number of aromatic nitrogens is 1. The molecule has 110 valence electrons. The zero-order chi connectivity index (χ0) is 15.0. The summed E-state index contributed by atoms with van der Waals surface area (Å²) in [4.78, 5) is 25.1. The molecule has 0 aliphatic heterocycles. The normalized spacial score (nSPS) is 23.7. The molecule has 2 aliphatic rings. The topological polar surface area (TPSA) is 102 Å². The number of pyridine rings is 1. The van der Waals surface area contributed by atoms with Crippen LogP contribution in [0.1, 0.15) is 33.8 Å².